The minimum absolute atomic E-state index is 0.614. The van der Waals surface area contributed by atoms with Crippen molar-refractivity contribution in [3.63, 3.8) is 0 Å². The molecule has 0 spiro atoms. The summed E-state index contributed by atoms with van der Waals surface area (Å²) >= 11 is 0. The molecule has 1 aliphatic carbocycles. The lowest BCUT2D eigenvalue weighted by molar-refractivity contribution is 0.262. The molecule has 2 heteroatoms. The number of nitrogens with zero attached hydrogens (tertiary/aromatic N) is 1. The lowest BCUT2D eigenvalue weighted by Crippen LogP contribution is -2.45. The smallest absolute Gasteiger partial charge is 0.126 e. The van der Waals surface area contributed by atoms with Gasteiger partial charge in [-0.25, -0.2) is 0 Å². The van der Waals surface area contributed by atoms with Gasteiger partial charge in [0.25, 0.3) is 0 Å². The maximum atomic E-state index is 5.46. The monoisotopic (exact) mass is 229 g/mol. The van der Waals surface area contributed by atoms with E-state index >= 15 is 0 Å². The van der Waals surface area contributed by atoms with Gasteiger partial charge in [0, 0.05) is 11.3 Å². The van der Waals surface area contributed by atoms with Crippen molar-refractivity contribution in [2.24, 2.45) is 0 Å². The third kappa shape index (κ3) is 1.67. The van der Waals surface area contributed by atoms with Crippen LogP contribution in [0, 0.1) is 0 Å². The van der Waals surface area contributed by atoms with Gasteiger partial charge in [0.2, 0.25) is 0 Å². The van der Waals surface area contributed by atoms with Crippen molar-refractivity contribution < 1.29 is 4.74 Å². The molecule has 17 heavy (non-hydrogen) atoms. The molecule has 1 fully saturated rings. The Balaban J connectivity index is 2.25. The average Bonchev–Trinajstić information content (AvgIpc) is 2.38. The highest BCUT2D eigenvalue weighted by Crippen LogP contribution is 2.26. The van der Waals surface area contributed by atoms with Crippen LogP contribution in [-0.2, 0) is 0 Å². The maximum absolute atomic E-state index is 5.46. The zero-order valence-corrected chi connectivity index (χ0v) is 10.6. The van der Waals surface area contributed by atoms with E-state index in [1.807, 2.05) is 0 Å². The highest BCUT2D eigenvalue weighted by atomic mass is 16.5. The van der Waals surface area contributed by atoms with Crippen LogP contribution in [0.1, 0.15) is 19.3 Å². The lowest BCUT2D eigenvalue weighted by atomic mass is 9.87. The summed E-state index contributed by atoms with van der Waals surface area (Å²) in [4.78, 5) is 2.48. The Morgan fingerprint density at radius 3 is 3.06 bits per heavy atom. The Bertz CT molecular complexity index is 547. The quantitative estimate of drug-likeness (QED) is 0.715. The molecule has 0 amide bonds. The summed E-state index contributed by atoms with van der Waals surface area (Å²) in [5.74, 6) is 1.02. The van der Waals surface area contributed by atoms with Crippen LogP contribution >= 0.6 is 0 Å². The number of fused-ring (bicyclic) bond motifs is 2. The number of likely N-dealkylation sites (tertiary alicyclic amines) is 1. The van der Waals surface area contributed by atoms with Gasteiger partial charge >= 0.3 is 0 Å². The van der Waals surface area contributed by atoms with E-state index in [-0.39, 0.29) is 0 Å². The molecular formula is C15H19NO. The van der Waals surface area contributed by atoms with Crippen molar-refractivity contribution in [3.8, 4) is 5.75 Å². The molecule has 1 aromatic rings. The molecule has 0 radical (unpaired) electrons. The number of ether oxygens (including phenoxy) is 1. The lowest BCUT2D eigenvalue weighted by Gasteiger charge is -2.36. The van der Waals surface area contributed by atoms with Crippen LogP contribution in [0.5, 0.6) is 5.75 Å². The van der Waals surface area contributed by atoms with Crippen LogP contribution in [0.4, 0.5) is 0 Å². The minimum Gasteiger partial charge on any atom is -0.496 e. The summed E-state index contributed by atoms with van der Waals surface area (Å²) in [6.45, 7) is 1.22. The summed E-state index contributed by atoms with van der Waals surface area (Å²) in [7, 11) is 4.00. The van der Waals surface area contributed by atoms with Gasteiger partial charge in [-0.05, 0) is 49.7 Å². The summed E-state index contributed by atoms with van der Waals surface area (Å²) < 4.78 is 5.46. The van der Waals surface area contributed by atoms with Crippen molar-refractivity contribution >= 4 is 11.6 Å². The van der Waals surface area contributed by atoms with Crippen molar-refractivity contribution in [1.29, 1.82) is 0 Å². The van der Waals surface area contributed by atoms with Gasteiger partial charge in [-0.3, -0.25) is 4.90 Å². The van der Waals surface area contributed by atoms with Crippen LogP contribution in [-0.4, -0.2) is 31.6 Å². The molecular weight excluding hydrogens is 210 g/mol. The van der Waals surface area contributed by atoms with E-state index in [1.165, 1.54) is 29.8 Å². The van der Waals surface area contributed by atoms with Crippen molar-refractivity contribution in [2.75, 3.05) is 20.7 Å². The SMILES string of the molecule is COc1cccc2c1=CCC1C=2CCCN1C. The number of benzene rings is 1. The fourth-order valence-corrected chi connectivity index (χ4v) is 3.19. The molecule has 2 nitrogen and oxygen atoms in total. The van der Waals surface area contributed by atoms with Gasteiger partial charge in [0.15, 0.2) is 0 Å². The first-order chi connectivity index (χ1) is 8.31. The van der Waals surface area contributed by atoms with Crippen molar-refractivity contribution in [3.05, 3.63) is 28.6 Å². The number of methoxy groups -OCH3 is 1. The van der Waals surface area contributed by atoms with E-state index in [9.17, 15) is 0 Å². The van der Waals surface area contributed by atoms with Crippen LogP contribution < -0.4 is 15.2 Å². The molecule has 2 aliphatic rings. The third-order valence-electron chi connectivity index (χ3n) is 4.07. The predicted octanol–water partition coefficient (Wildman–Crippen LogP) is 1.12. The summed E-state index contributed by atoms with van der Waals surface area (Å²) in [6.07, 6.45) is 5.98. The molecule has 1 atom stereocenters. The standard InChI is InChI=1S/C15H19NO/c1-16-10-4-6-12-11-5-3-7-15(17-2)13(11)8-9-14(12)16/h3,5,7-8,14H,4,6,9-10H2,1-2H3. The predicted molar refractivity (Wildman–Crippen MR) is 70.4 cm³/mol. The molecule has 1 aromatic carbocycles. The first-order valence-electron chi connectivity index (χ1n) is 6.38. The Morgan fingerprint density at radius 1 is 1.35 bits per heavy atom. The second-order valence-corrected chi connectivity index (χ2v) is 4.99. The zero-order valence-electron chi connectivity index (χ0n) is 10.6. The first-order valence-corrected chi connectivity index (χ1v) is 6.38. The molecule has 0 bridgehead atoms. The number of hydrogen-bond acceptors (Lipinski definition) is 2. The van der Waals surface area contributed by atoms with Crippen molar-refractivity contribution in [1.82, 2.24) is 4.90 Å². The van der Waals surface area contributed by atoms with E-state index in [2.05, 4.69) is 36.2 Å². The number of hydrogen-bond donors (Lipinski definition) is 0. The fourth-order valence-electron chi connectivity index (χ4n) is 3.19. The molecule has 1 unspecified atom stereocenters. The normalized spacial score (nSPS) is 23.6. The largest absolute Gasteiger partial charge is 0.496 e. The summed E-state index contributed by atoms with van der Waals surface area (Å²) in [5.41, 5.74) is 1.61. The summed E-state index contributed by atoms with van der Waals surface area (Å²) in [6, 6.07) is 7.02. The fraction of sp³-hybridized carbons (Fsp3) is 0.467. The van der Waals surface area contributed by atoms with E-state index in [0.29, 0.717) is 6.04 Å². The van der Waals surface area contributed by atoms with Crippen LogP contribution in [0.3, 0.4) is 0 Å². The number of piperidine rings is 1. The molecule has 0 saturated carbocycles. The van der Waals surface area contributed by atoms with E-state index in [0.717, 1.165) is 12.2 Å². The number of rotatable bonds is 1. The molecule has 0 N–H and O–H groups in total. The third-order valence-corrected chi connectivity index (χ3v) is 4.07. The molecule has 1 aliphatic heterocycles. The highest BCUT2D eigenvalue weighted by Gasteiger charge is 2.25. The van der Waals surface area contributed by atoms with Crippen LogP contribution in [0.15, 0.2) is 18.2 Å². The van der Waals surface area contributed by atoms with Gasteiger partial charge in [-0.2, -0.15) is 0 Å². The van der Waals surface area contributed by atoms with Gasteiger partial charge in [-0.1, -0.05) is 18.2 Å². The van der Waals surface area contributed by atoms with E-state index in [4.69, 9.17) is 4.74 Å². The average molecular weight is 229 g/mol. The highest BCUT2D eigenvalue weighted by molar-refractivity contribution is 5.59. The van der Waals surface area contributed by atoms with Crippen LogP contribution in [0.2, 0.25) is 0 Å². The molecule has 3 rings (SSSR count). The maximum Gasteiger partial charge on any atom is 0.126 e. The van der Waals surface area contributed by atoms with Crippen LogP contribution in [0.25, 0.3) is 11.6 Å². The van der Waals surface area contributed by atoms with Gasteiger partial charge in [0.1, 0.15) is 5.75 Å². The summed E-state index contributed by atoms with van der Waals surface area (Å²) in [5, 5.41) is 2.71. The van der Waals surface area contributed by atoms with E-state index in [1.54, 1.807) is 12.7 Å². The topological polar surface area (TPSA) is 12.5 Å². The second kappa shape index (κ2) is 4.19. The van der Waals surface area contributed by atoms with E-state index < -0.39 is 0 Å². The molecule has 1 saturated heterocycles. The Morgan fingerprint density at radius 2 is 2.24 bits per heavy atom. The van der Waals surface area contributed by atoms with Gasteiger partial charge in [-0.15, -0.1) is 0 Å². The molecule has 0 aromatic heterocycles. The van der Waals surface area contributed by atoms with Gasteiger partial charge in [0.05, 0.1) is 7.11 Å². The Labute approximate surface area is 102 Å². The first kappa shape index (κ1) is 10.8. The molecule has 90 valence electrons. The van der Waals surface area contributed by atoms with Gasteiger partial charge < -0.3 is 4.74 Å². The second-order valence-electron chi connectivity index (χ2n) is 4.99. The van der Waals surface area contributed by atoms with Crippen molar-refractivity contribution in [2.45, 2.75) is 25.3 Å². The Hall–Kier alpha value is -1.28. The minimum atomic E-state index is 0.614. The Kier molecular flexibility index (Phi) is 2.67. The zero-order chi connectivity index (χ0) is 11.8. The molecule has 1 heterocycles.